The molecule has 0 saturated heterocycles. The Morgan fingerprint density at radius 3 is 1.00 bits per heavy atom. The molecule has 0 bridgehead atoms. The third kappa shape index (κ3) is 18.5. The summed E-state index contributed by atoms with van der Waals surface area (Å²) in [5.74, 6) is 0. The van der Waals surface area contributed by atoms with Crippen LogP contribution in [-0.4, -0.2) is 37.7 Å². The molecule has 0 aromatic rings. The minimum absolute atomic E-state index is 0. The average Bonchev–Trinajstić information content (AvgIpc) is 0. The summed E-state index contributed by atoms with van der Waals surface area (Å²) >= 11 is 0. The number of hydrogen-bond donors (Lipinski definition) is 0. The maximum absolute atomic E-state index is 0. The molecule has 5 heavy (non-hydrogen) atoms. The zero-order chi connectivity index (χ0) is 0. The quantitative estimate of drug-likeness (QED) is 0.495. The van der Waals surface area contributed by atoms with Crippen molar-refractivity contribution >= 4 is 37.7 Å². The molecule has 0 atom stereocenters. The van der Waals surface area contributed by atoms with E-state index in [-0.39, 0.29) is 110 Å². The molecule has 0 aliphatic rings. The second-order valence-electron chi connectivity index (χ2n) is 0. The van der Waals surface area contributed by atoms with Crippen molar-refractivity contribution in [3.63, 3.8) is 0 Å². The fourth-order valence-corrected chi connectivity index (χ4v) is 0. The van der Waals surface area contributed by atoms with Crippen LogP contribution in [0.5, 0.6) is 0 Å². The molecular weight excluding hydrogens is 261 g/mol. The number of hydrogen-bond acceptors (Lipinski definition) is 0. The summed E-state index contributed by atoms with van der Waals surface area (Å²) in [6, 6.07) is 0. The van der Waals surface area contributed by atoms with Crippen LogP contribution in [0.25, 0.3) is 0 Å². The molecule has 0 aromatic carbocycles. The van der Waals surface area contributed by atoms with E-state index in [9.17, 15) is 0 Å². The van der Waals surface area contributed by atoms with Gasteiger partial charge in [0.2, 0.25) is 0 Å². The molecule has 0 amide bonds. The summed E-state index contributed by atoms with van der Waals surface area (Å²) in [6.45, 7) is 0. The summed E-state index contributed by atoms with van der Waals surface area (Å²) in [5.41, 5.74) is 0. The molecule has 0 aromatic heterocycles. The van der Waals surface area contributed by atoms with Crippen molar-refractivity contribution in [1.82, 2.24) is 0 Å². The first-order chi connectivity index (χ1) is 0. The molecule has 0 heterocycles. The molecule has 2 radical (unpaired) electrons. The Morgan fingerprint density at radius 1 is 1.00 bits per heavy atom. The van der Waals surface area contributed by atoms with E-state index in [0.29, 0.717) is 0 Å². The van der Waals surface area contributed by atoms with E-state index < -0.39 is 0 Å². The summed E-state index contributed by atoms with van der Waals surface area (Å²) in [4.78, 5) is 0. The Morgan fingerprint density at radius 2 is 1.00 bits per heavy atom. The molecule has 34 valence electrons. The van der Waals surface area contributed by atoms with Gasteiger partial charge in [0.1, 0.15) is 0 Å². The van der Waals surface area contributed by atoms with Crippen LogP contribution in [0.2, 0.25) is 0 Å². The van der Waals surface area contributed by atoms with Crippen molar-refractivity contribution < 1.29 is 72.1 Å². The molecule has 0 N–H and O–H groups in total. The third-order valence-electron chi connectivity index (χ3n) is 0. The zero-order valence-corrected chi connectivity index (χ0v) is 6.30. The van der Waals surface area contributed by atoms with Crippen LogP contribution in [0.3, 0.4) is 0 Å². The first-order valence-electron chi connectivity index (χ1n) is 0. The maximum atomic E-state index is 0. The summed E-state index contributed by atoms with van der Waals surface area (Å²) < 4.78 is 0. The zero-order valence-electron chi connectivity index (χ0n) is 1.53. The molecule has 0 fully saturated rings. The van der Waals surface area contributed by atoms with E-state index in [4.69, 9.17) is 0 Å². The minimum Gasteiger partial charge on any atom is 0 e. The van der Waals surface area contributed by atoms with E-state index in [1.807, 2.05) is 0 Å². The minimum atomic E-state index is 0. The van der Waals surface area contributed by atoms with Crippen LogP contribution >= 0.6 is 0 Å². The molecule has 0 rings (SSSR count). The van der Waals surface area contributed by atoms with Gasteiger partial charge in [-0.2, -0.15) is 0 Å². The predicted molar refractivity (Wildman–Crippen MR) is 8.54 cm³/mol. The van der Waals surface area contributed by atoms with Crippen molar-refractivity contribution in [2.24, 2.45) is 0 Å². The predicted octanol–water partition coefficient (Wildman–Crippen LogP) is -0.926. The van der Waals surface area contributed by atoms with Gasteiger partial charge in [-0.15, -0.1) is 0 Å². The average molecular weight is 263 g/mol. The van der Waals surface area contributed by atoms with Gasteiger partial charge in [0, 0.05) is 72.1 Å². The topological polar surface area (TPSA) is 0 Å². The number of rotatable bonds is 0. The molecule has 0 unspecified atom stereocenters. The van der Waals surface area contributed by atoms with Gasteiger partial charge in [-0.05, 0) is 0 Å². The third-order valence-corrected chi connectivity index (χ3v) is 0. The van der Waals surface area contributed by atoms with Crippen molar-refractivity contribution in [3.8, 4) is 0 Å². The Balaban J connectivity index is 0. The largest absolute Gasteiger partial charge is 0 e. The van der Waals surface area contributed by atoms with E-state index in [1.54, 1.807) is 0 Å². The van der Waals surface area contributed by atoms with Crippen LogP contribution in [0.15, 0.2) is 0 Å². The van der Waals surface area contributed by atoms with Crippen LogP contribution in [0.4, 0.5) is 0 Å². The van der Waals surface area contributed by atoms with Gasteiger partial charge >= 0.3 is 37.7 Å². The van der Waals surface area contributed by atoms with E-state index in [1.165, 1.54) is 0 Å². The molecule has 0 aliphatic carbocycles. The SMILES string of the molecule is [CaH2].[Co].[Mn].[Ni].[Ti]. The molecule has 0 spiro atoms. The van der Waals surface area contributed by atoms with E-state index >= 15 is 0 Å². The van der Waals surface area contributed by atoms with Crippen molar-refractivity contribution in [2.45, 2.75) is 0 Å². The van der Waals surface area contributed by atoms with Crippen molar-refractivity contribution in [3.05, 3.63) is 0 Å². The van der Waals surface area contributed by atoms with Gasteiger partial charge in [0.15, 0.2) is 0 Å². The Labute approximate surface area is 107 Å². The van der Waals surface area contributed by atoms with E-state index in [2.05, 4.69) is 0 Å². The smallest absolute Gasteiger partial charge is 0 e. The fraction of sp³-hybridized carbons (Fsp3) is 0. The van der Waals surface area contributed by atoms with Gasteiger partial charge in [0.05, 0.1) is 0 Å². The van der Waals surface area contributed by atoms with Gasteiger partial charge in [-0.25, -0.2) is 0 Å². The standard InChI is InChI=1S/Ca.Co.Mn.Ni.Ti.2H. The van der Waals surface area contributed by atoms with Crippen LogP contribution in [0, 0.1) is 0 Å². The molecule has 0 saturated carbocycles. The van der Waals surface area contributed by atoms with Crippen molar-refractivity contribution in [2.75, 3.05) is 0 Å². The Hall–Kier alpha value is 3.49. The molecule has 0 aliphatic heterocycles. The van der Waals surface area contributed by atoms with Crippen LogP contribution < -0.4 is 0 Å². The first kappa shape index (κ1) is 39.1. The fourth-order valence-electron chi connectivity index (χ4n) is 0. The summed E-state index contributed by atoms with van der Waals surface area (Å²) in [7, 11) is 0. The normalized spacial score (nSPS) is 0. The van der Waals surface area contributed by atoms with Gasteiger partial charge in [-0.1, -0.05) is 0 Å². The summed E-state index contributed by atoms with van der Waals surface area (Å²) in [6.07, 6.45) is 0. The molecular formula is H2CaCoMnNiTi. The van der Waals surface area contributed by atoms with Gasteiger partial charge < -0.3 is 0 Å². The Bertz CT molecular complexity index is 11.6. The molecule has 5 heteroatoms. The maximum Gasteiger partial charge on any atom is 0 e. The Kier molecular flexibility index (Phi) is 202. The van der Waals surface area contributed by atoms with Crippen LogP contribution in [-0.2, 0) is 72.1 Å². The van der Waals surface area contributed by atoms with Gasteiger partial charge in [0.25, 0.3) is 0 Å². The monoisotopic (exact) mass is 262 g/mol. The van der Waals surface area contributed by atoms with Gasteiger partial charge in [-0.3, -0.25) is 0 Å². The molecule has 0 nitrogen and oxygen atoms in total. The second-order valence-corrected chi connectivity index (χ2v) is 0. The second kappa shape index (κ2) is 25.9. The van der Waals surface area contributed by atoms with Crippen LogP contribution in [0.1, 0.15) is 0 Å². The van der Waals surface area contributed by atoms with E-state index in [0.717, 1.165) is 0 Å². The first-order valence-corrected chi connectivity index (χ1v) is 0. The summed E-state index contributed by atoms with van der Waals surface area (Å²) in [5, 5.41) is 0. The van der Waals surface area contributed by atoms with Crippen molar-refractivity contribution in [1.29, 1.82) is 0 Å².